The van der Waals surface area contributed by atoms with Crippen molar-refractivity contribution in [1.82, 2.24) is 4.98 Å². The van der Waals surface area contributed by atoms with Crippen molar-refractivity contribution in [1.29, 1.82) is 0 Å². The van der Waals surface area contributed by atoms with Crippen molar-refractivity contribution in [2.45, 2.75) is 19.4 Å². The normalized spacial score (nSPS) is 11.5. The van der Waals surface area contributed by atoms with E-state index in [0.717, 1.165) is 37.7 Å². The number of benzene rings is 3. The van der Waals surface area contributed by atoms with Crippen LogP contribution in [0.3, 0.4) is 0 Å². The minimum Gasteiger partial charge on any atom is -0.489 e. The molecule has 5 heteroatoms. The molecular weight excluding hydrogens is 394 g/mol. The number of para-hydroxylation sites is 1. The highest BCUT2D eigenvalue weighted by molar-refractivity contribution is 7.19. The molecule has 4 aromatic rings. The Balaban J connectivity index is 1.59. The number of carboxylic acids is 1. The Morgan fingerprint density at radius 3 is 2.57 bits per heavy atom. The first-order chi connectivity index (χ1) is 14.7. The van der Waals surface area contributed by atoms with Gasteiger partial charge in [-0.05, 0) is 53.5 Å². The van der Waals surface area contributed by atoms with Crippen LogP contribution in [0, 0.1) is 0 Å². The number of thiazole rings is 1. The third-order valence-corrected chi connectivity index (χ3v) is 5.74. The van der Waals surface area contributed by atoms with Crippen molar-refractivity contribution < 1.29 is 14.6 Å². The first kappa shape index (κ1) is 19.9. The summed E-state index contributed by atoms with van der Waals surface area (Å²) in [7, 11) is 0. The van der Waals surface area contributed by atoms with Gasteiger partial charge in [0.25, 0.3) is 0 Å². The van der Waals surface area contributed by atoms with Crippen LogP contribution in [-0.4, -0.2) is 16.1 Å². The van der Waals surface area contributed by atoms with E-state index in [1.54, 1.807) is 11.3 Å². The Kier molecular flexibility index (Phi) is 6.20. The van der Waals surface area contributed by atoms with E-state index in [9.17, 15) is 9.90 Å². The van der Waals surface area contributed by atoms with Crippen molar-refractivity contribution in [3.63, 3.8) is 0 Å². The predicted octanol–water partition coefficient (Wildman–Crippen LogP) is 6.28. The Morgan fingerprint density at radius 2 is 1.77 bits per heavy atom. The first-order valence-electron chi connectivity index (χ1n) is 9.72. The van der Waals surface area contributed by atoms with E-state index in [1.165, 1.54) is 0 Å². The molecule has 0 bridgehead atoms. The van der Waals surface area contributed by atoms with Gasteiger partial charge in [0.2, 0.25) is 0 Å². The largest absolute Gasteiger partial charge is 0.489 e. The molecule has 3 aromatic carbocycles. The average molecular weight is 416 g/mol. The number of allylic oxidation sites excluding steroid dienone is 1. The molecule has 4 nitrogen and oxygen atoms in total. The highest BCUT2D eigenvalue weighted by Gasteiger charge is 2.11. The Hall–Kier alpha value is -3.44. The number of aromatic nitrogens is 1. The molecule has 0 spiro atoms. The maximum absolute atomic E-state index is 11.2. The molecule has 30 heavy (non-hydrogen) atoms. The third kappa shape index (κ3) is 5.13. The highest BCUT2D eigenvalue weighted by Crippen LogP contribution is 2.31. The molecule has 1 aromatic heterocycles. The number of ether oxygens (including phenoxy) is 1. The molecule has 1 N–H and O–H groups in total. The van der Waals surface area contributed by atoms with Gasteiger partial charge in [-0.2, -0.15) is 0 Å². The average Bonchev–Trinajstić information content (AvgIpc) is 3.20. The zero-order chi connectivity index (χ0) is 20.8. The highest BCUT2D eigenvalue weighted by atomic mass is 32.1. The fraction of sp³-hybridized carbons (Fsp3) is 0.120. The molecule has 0 saturated heterocycles. The van der Waals surface area contributed by atoms with Crippen molar-refractivity contribution in [3.8, 4) is 5.75 Å². The minimum atomic E-state index is -0.818. The molecular formula is C25H21NO3S. The van der Waals surface area contributed by atoms with Crippen LogP contribution in [0.25, 0.3) is 21.9 Å². The molecule has 0 aliphatic carbocycles. The topological polar surface area (TPSA) is 59.4 Å². The van der Waals surface area contributed by atoms with Gasteiger partial charge >= 0.3 is 5.97 Å². The lowest BCUT2D eigenvalue weighted by Gasteiger charge is -2.08. The van der Waals surface area contributed by atoms with E-state index in [0.29, 0.717) is 13.0 Å². The van der Waals surface area contributed by atoms with Gasteiger partial charge in [-0.25, -0.2) is 4.98 Å². The van der Waals surface area contributed by atoms with E-state index < -0.39 is 5.97 Å². The third-order valence-electron chi connectivity index (χ3n) is 4.62. The summed E-state index contributed by atoms with van der Waals surface area (Å²) in [4.78, 5) is 15.9. The van der Waals surface area contributed by atoms with Crippen molar-refractivity contribution in [3.05, 3.63) is 95.0 Å². The van der Waals surface area contributed by atoms with E-state index >= 15 is 0 Å². The SMILES string of the molecule is O=C(O)CC/C(=C\c1cccc(OCc2ccccc2)c1)c1nc2ccccc2s1. The van der Waals surface area contributed by atoms with Crippen LogP contribution in [0.1, 0.15) is 29.0 Å². The molecule has 0 atom stereocenters. The molecule has 0 fully saturated rings. The summed E-state index contributed by atoms with van der Waals surface area (Å²) in [6, 6.07) is 25.8. The molecule has 4 rings (SSSR count). The smallest absolute Gasteiger partial charge is 0.303 e. The van der Waals surface area contributed by atoms with E-state index in [2.05, 4.69) is 0 Å². The van der Waals surface area contributed by atoms with Crippen LogP contribution in [0.4, 0.5) is 0 Å². The number of hydrogen-bond acceptors (Lipinski definition) is 4. The minimum absolute atomic E-state index is 0.0615. The fourth-order valence-electron chi connectivity index (χ4n) is 3.13. The van der Waals surface area contributed by atoms with Crippen LogP contribution in [0.5, 0.6) is 5.75 Å². The molecule has 0 saturated carbocycles. The number of carbonyl (C=O) groups is 1. The standard InChI is InChI=1S/C25H21NO3S/c27-24(28)14-13-20(25-26-22-11-4-5-12-23(22)30-25)15-19-9-6-10-21(16-19)29-17-18-7-2-1-3-8-18/h1-12,15-16H,13-14,17H2,(H,27,28)/b20-15+. The van der Waals surface area contributed by atoms with Gasteiger partial charge in [0.15, 0.2) is 0 Å². The van der Waals surface area contributed by atoms with Crippen molar-refractivity contribution >= 4 is 39.2 Å². The summed E-state index contributed by atoms with van der Waals surface area (Å²) in [6.07, 6.45) is 2.49. The lowest BCUT2D eigenvalue weighted by Crippen LogP contribution is -1.96. The Bertz CT molecular complexity index is 1150. The zero-order valence-electron chi connectivity index (χ0n) is 16.3. The molecule has 0 radical (unpaired) electrons. The maximum Gasteiger partial charge on any atom is 0.303 e. The molecule has 0 aliphatic rings. The van der Waals surface area contributed by atoms with Crippen LogP contribution < -0.4 is 4.74 Å². The summed E-state index contributed by atoms with van der Waals surface area (Å²) in [5.41, 5.74) is 3.91. The van der Waals surface area contributed by atoms with Crippen LogP contribution >= 0.6 is 11.3 Å². The van der Waals surface area contributed by atoms with Crippen molar-refractivity contribution in [2.75, 3.05) is 0 Å². The zero-order valence-corrected chi connectivity index (χ0v) is 17.1. The number of nitrogens with zero attached hydrogens (tertiary/aromatic N) is 1. The van der Waals surface area contributed by atoms with Gasteiger partial charge in [-0.15, -0.1) is 11.3 Å². The number of carboxylic acid groups (broad SMARTS) is 1. The van der Waals surface area contributed by atoms with Crippen molar-refractivity contribution in [2.24, 2.45) is 0 Å². The molecule has 0 aliphatic heterocycles. The molecule has 0 unspecified atom stereocenters. The second-order valence-electron chi connectivity index (χ2n) is 6.90. The molecule has 0 amide bonds. The number of hydrogen-bond donors (Lipinski definition) is 1. The van der Waals surface area contributed by atoms with Crippen LogP contribution in [-0.2, 0) is 11.4 Å². The van der Waals surface area contributed by atoms with E-state index in [1.807, 2.05) is 84.9 Å². The summed E-state index contributed by atoms with van der Waals surface area (Å²) < 4.78 is 7.02. The second kappa shape index (κ2) is 9.37. The van der Waals surface area contributed by atoms with E-state index in [4.69, 9.17) is 9.72 Å². The first-order valence-corrected chi connectivity index (χ1v) is 10.5. The summed E-state index contributed by atoms with van der Waals surface area (Å²) in [5, 5.41) is 10.0. The van der Waals surface area contributed by atoms with Crippen LogP contribution in [0.15, 0.2) is 78.9 Å². The number of rotatable bonds is 8. The summed E-state index contributed by atoms with van der Waals surface area (Å²) >= 11 is 1.58. The Morgan fingerprint density at radius 1 is 0.967 bits per heavy atom. The molecule has 1 heterocycles. The van der Waals surface area contributed by atoms with Crippen LogP contribution in [0.2, 0.25) is 0 Å². The van der Waals surface area contributed by atoms with Gasteiger partial charge in [0.1, 0.15) is 17.4 Å². The summed E-state index contributed by atoms with van der Waals surface area (Å²) in [6.45, 7) is 0.498. The maximum atomic E-state index is 11.2. The Labute approximate surface area is 179 Å². The van der Waals surface area contributed by atoms with Gasteiger partial charge in [-0.1, -0.05) is 54.6 Å². The van der Waals surface area contributed by atoms with Gasteiger partial charge < -0.3 is 9.84 Å². The van der Waals surface area contributed by atoms with Gasteiger partial charge in [0.05, 0.1) is 10.2 Å². The summed E-state index contributed by atoms with van der Waals surface area (Å²) in [5.74, 6) is -0.0450. The van der Waals surface area contributed by atoms with Gasteiger partial charge in [-0.3, -0.25) is 4.79 Å². The predicted molar refractivity (Wildman–Crippen MR) is 122 cm³/mol. The number of fused-ring (bicyclic) bond motifs is 1. The number of aliphatic carboxylic acids is 1. The lowest BCUT2D eigenvalue weighted by molar-refractivity contribution is -0.136. The molecule has 150 valence electrons. The lowest BCUT2D eigenvalue weighted by atomic mass is 10.1. The monoisotopic (exact) mass is 415 g/mol. The fourth-order valence-corrected chi connectivity index (χ4v) is 4.14. The van der Waals surface area contributed by atoms with Gasteiger partial charge in [0, 0.05) is 6.42 Å². The quantitative estimate of drug-likeness (QED) is 0.368. The second-order valence-corrected chi connectivity index (χ2v) is 7.93. The van der Waals surface area contributed by atoms with E-state index in [-0.39, 0.29) is 6.42 Å².